The van der Waals surface area contributed by atoms with Crippen LogP contribution in [0.25, 0.3) is 11.1 Å². The topological polar surface area (TPSA) is 0 Å². The van der Waals surface area contributed by atoms with Gasteiger partial charge < -0.3 is 0 Å². The van der Waals surface area contributed by atoms with Gasteiger partial charge in [-0.1, -0.05) is 153 Å². The predicted molar refractivity (Wildman–Crippen MR) is 152 cm³/mol. The quantitative estimate of drug-likeness (QED) is 0.251. The monoisotopic (exact) mass is 450 g/mol. The lowest BCUT2D eigenvalue weighted by Gasteiger charge is -2.33. The summed E-state index contributed by atoms with van der Waals surface area (Å²) >= 11 is 0. The molecular weight excluding hydrogens is 396 g/mol. The van der Waals surface area contributed by atoms with E-state index in [2.05, 4.69) is 64.1 Å². The van der Waals surface area contributed by atoms with E-state index in [1.54, 1.807) is 11.1 Å². The molecule has 0 amide bonds. The van der Waals surface area contributed by atoms with Gasteiger partial charge in [0.2, 0.25) is 0 Å². The van der Waals surface area contributed by atoms with Gasteiger partial charge in [-0.3, -0.25) is 0 Å². The number of benzene rings is 2. The maximum Gasteiger partial charge on any atom is 0.0215 e. The zero-order valence-corrected chi connectivity index (χ0v) is 20.9. The number of fused-ring (bicyclic) bond motifs is 3. The molecule has 0 saturated heterocycles. The van der Waals surface area contributed by atoms with E-state index in [-0.39, 0.29) is 20.3 Å². The largest absolute Gasteiger partial charge is 0.0776 e. The van der Waals surface area contributed by atoms with Gasteiger partial charge in [0.1, 0.15) is 0 Å². The number of hydrogen-bond acceptors (Lipinski definition) is 0. The summed E-state index contributed by atoms with van der Waals surface area (Å²) in [6, 6.07) is 14.5. The average molecular weight is 451 g/mol. The normalized spacial score (nSPS) is 13.1. The van der Waals surface area contributed by atoms with Crippen LogP contribution in [0.5, 0.6) is 0 Å². The fourth-order valence-corrected chi connectivity index (χ4v) is 5.80. The summed E-state index contributed by atoms with van der Waals surface area (Å²) in [6.45, 7) is 9.17. The van der Waals surface area contributed by atoms with Gasteiger partial charge in [0, 0.05) is 5.41 Å². The summed E-state index contributed by atoms with van der Waals surface area (Å²) in [5.41, 5.74) is 9.36. The molecule has 0 N–H and O–H groups in total. The molecule has 2 aromatic rings. The van der Waals surface area contributed by atoms with E-state index < -0.39 is 0 Å². The van der Waals surface area contributed by atoms with Gasteiger partial charge in [0.15, 0.2) is 0 Å². The molecular formula is C33H54. The zero-order chi connectivity index (χ0) is 22.1. The lowest BCUT2D eigenvalue weighted by molar-refractivity contribution is 0.397. The Morgan fingerprint density at radius 1 is 0.515 bits per heavy atom. The van der Waals surface area contributed by atoms with Gasteiger partial charge in [-0.25, -0.2) is 0 Å². The van der Waals surface area contributed by atoms with Crippen LogP contribution in [0.1, 0.15) is 141 Å². The molecule has 0 nitrogen and oxygen atoms in total. The highest BCUT2D eigenvalue weighted by atomic mass is 14.4. The smallest absolute Gasteiger partial charge is 0.0215 e. The van der Waals surface area contributed by atoms with Crippen LogP contribution in [0.4, 0.5) is 0 Å². The average Bonchev–Trinajstić information content (AvgIpc) is 3.02. The summed E-state index contributed by atoms with van der Waals surface area (Å²) in [6.07, 6.45) is 19.2. The molecule has 1 aliphatic rings. The Balaban J connectivity index is 0.00000272. The van der Waals surface area contributed by atoms with Crippen molar-refractivity contribution in [2.75, 3.05) is 0 Å². The van der Waals surface area contributed by atoms with Crippen LogP contribution in [0, 0.1) is 13.8 Å². The summed E-state index contributed by atoms with van der Waals surface area (Å²) < 4.78 is 0. The van der Waals surface area contributed by atoms with Crippen LogP contribution in [0.3, 0.4) is 0 Å². The van der Waals surface area contributed by atoms with Crippen molar-refractivity contribution in [3.63, 3.8) is 0 Å². The van der Waals surface area contributed by atoms with E-state index in [0.29, 0.717) is 0 Å². The first-order valence-corrected chi connectivity index (χ1v) is 13.3. The van der Waals surface area contributed by atoms with Crippen molar-refractivity contribution in [1.82, 2.24) is 0 Å². The molecule has 0 saturated carbocycles. The van der Waals surface area contributed by atoms with E-state index >= 15 is 0 Å². The molecule has 0 spiro atoms. The first kappa shape index (κ1) is 29.5. The molecule has 0 bridgehead atoms. The second-order valence-corrected chi connectivity index (χ2v) is 10.2. The van der Waals surface area contributed by atoms with Crippen molar-refractivity contribution in [1.29, 1.82) is 0 Å². The van der Waals surface area contributed by atoms with E-state index in [1.807, 2.05) is 0 Å². The first-order chi connectivity index (χ1) is 15.1. The Hall–Kier alpha value is -1.56. The van der Waals surface area contributed by atoms with Crippen LogP contribution in [-0.2, 0) is 5.41 Å². The molecule has 1 aliphatic carbocycles. The van der Waals surface area contributed by atoms with Crippen molar-refractivity contribution in [3.8, 4) is 11.1 Å². The molecule has 2 aromatic carbocycles. The number of aryl methyl sites for hydroxylation is 2. The summed E-state index contributed by atoms with van der Waals surface area (Å²) in [4.78, 5) is 0. The van der Waals surface area contributed by atoms with Crippen molar-refractivity contribution < 1.29 is 0 Å². The number of hydrogen-bond donors (Lipinski definition) is 0. The molecule has 0 aliphatic heterocycles. The molecule has 0 fully saturated rings. The minimum atomic E-state index is 0. The van der Waals surface area contributed by atoms with Gasteiger partial charge in [0.25, 0.3) is 0 Å². The second kappa shape index (κ2) is 14.6. The second-order valence-electron chi connectivity index (χ2n) is 10.2. The van der Waals surface area contributed by atoms with E-state index in [9.17, 15) is 0 Å². The van der Waals surface area contributed by atoms with Crippen LogP contribution >= 0.6 is 0 Å². The zero-order valence-electron chi connectivity index (χ0n) is 20.9. The fourth-order valence-electron chi connectivity index (χ4n) is 5.80. The van der Waals surface area contributed by atoms with Crippen LogP contribution in [-0.4, -0.2) is 0 Å². The standard InChI is InChI=1S/C31H46.2CH4/c1-5-7-9-11-13-15-21-31(22-16-14-12-10-8-6-2)29-23-25(3)17-19-27(29)28-20-18-26(4)24-30(28)31;;/h17-20,23-24H,5-16,21-22H2,1-4H3;2*1H4. The first-order valence-electron chi connectivity index (χ1n) is 13.3. The fraction of sp³-hybridized carbons (Fsp3) is 0.636. The Bertz CT molecular complexity index is 743. The van der Waals surface area contributed by atoms with Crippen molar-refractivity contribution in [2.45, 2.75) is 138 Å². The lowest BCUT2D eigenvalue weighted by atomic mass is 9.70. The molecule has 186 valence electrons. The van der Waals surface area contributed by atoms with E-state index in [1.165, 1.54) is 112 Å². The van der Waals surface area contributed by atoms with Crippen LogP contribution in [0.15, 0.2) is 36.4 Å². The van der Waals surface area contributed by atoms with E-state index in [0.717, 1.165) is 0 Å². The Morgan fingerprint density at radius 2 is 0.879 bits per heavy atom. The molecule has 0 atom stereocenters. The van der Waals surface area contributed by atoms with Gasteiger partial charge in [-0.05, 0) is 48.9 Å². The molecule has 0 radical (unpaired) electrons. The molecule has 33 heavy (non-hydrogen) atoms. The predicted octanol–water partition coefficient (Wildman–Crippen LogP) is 11.3. The van der Waals surface area contributed by atoms with Crippen molar-refractivity contribution in [2.24, 2.45) is 0 Å². The van der Waals surface area contributed by atoms with Crippen molar-refractivity contribution >= 4 is 0 Å². The molecule has 0 aromatic heterocycles. The van der Waals surface area contributed by atoms with Gasteiger partial charge in [-0.2, -0.15) is 0 Å². The van der Waals surface area contributed by atoms with Crippen LogP contribution in [0.2, 0.25) is 0 Å². The Labute approximate surface area is 207 Å². The minimum Gasteiger partial charge on any atom is -0.0776 e. The third-order valence-corrected chi connectivity index (χ3v) is 7.59. The Morgan fingerprint density at radius 3 is 1.27 bits per heavy atom. The molecule has 0 unspecified atom stereocenters. The van der Waals surface area contributed by atoms with Crippen molar-refractivity contribution in [3.05, 3.63) is 58.7 Å². The number of rotatable bonds is 14. The highest BCUT2D eigenvalue weighted by Gasteiger charge is 2.42. The molecule has 3 rings (SSSR count). The van der Waals surface area contributed by atoms with Gasteiger partial charge in [0.05, 0.1) is 0 Å². The molecule has 0 heteroatoms. The van der Waals surface area contributed by atoms with Gasteiger partial charge >= 0.3 is 0 Å². The maximum absolute atomic E-state index is 2.53. The van der Waals surface area contributed by atoms with Crippen LogP contribution < -0.4 is 0 Å². The SMILES string of the molecule is C.C.CCCCCCCCC1(CCCCCCCC)c2cc(C)ccc2-c2ccc(C)cc21. The Kier molecular flexibility index (Phi) is 13.1. The summed E-state index contributed by atoms with van der Waals surface area (Å²) in [7, 11) is 0. The third-order valence-electron chi connectivity index (χ3n) is 7.59. The highest BCUT2D eigenvalue weighted by Crippen LogP contribution is 2.54. The minimum absolute atomic E-state index is 0. The molecule has 0 heterocycles. The number of unbranched alkanes of at least 4 members (excludes halogenated alkanes) is 10. The third kappa shape index (κ3) is 7.21. The summed E-state index contributed by atoms with van der Waals surface area (Å²) in [5, 5.41) is 0. The summed E-state index contributed by atoms with van der Waals surface area (Å²) in [5.74, 6) is 0. The maximum atomic E-state index is 2.53. The lowest BCUT2D eigenvalue weighted by Crippen LogP contribution is -2.25. The van der Waals surface area contributed by atoms with E-state index in [4.69, 9.17) is 0 Å². The highest BCUT2D eigenvalue weighted by molar-refractivity contribution is 5.81. The van der Waals surface area contributed by atoms with Gasteiger partial charge in [-0.15, -0.1) is 0 Å².